The van der Waals surface area contributed by atoms with Gasteiger partial charge in [-0.2, -0.15) is 0 Å². The molecule has 2 aliphatic rings. The molecule has 22 heavy (non-hydrogen) atoms. The van der Waals surface area contributed by atoms with E-state index in [1.165, 1.54) is 18.4 Å². The molecule has 1 amide bonds. The zero-order valence-corrected chi connectivity index (χ0v) is 13.7. The molecule has 120 valence electrons. The first-order chi connectivity index (χ1) is 10.8. The minimum absolute atomic E-state index is 0.147. The van der Waals surface area contributed by atoms with Gasteiger partial charge >= 0.3 is 0 Å². The van der Waals surface area contributed by atoms with E-state index < -0.39 is 0 Å². The molecule has 2 aliphatic heterocycles. The molecule has 1 aromatic carbocycles. The molecular formula is C19H28N2O. The van der Waals surface area contributed by atoms with Crippen molar-refractivity contribution in [2.45, 2.75) is 45.1 Å². The monoisotopic (exact) mass is 300 g/mol. The van der Waals surface area contributed by atoms with Crippen LogP contribution in [0.1, 0.15) is 38.2 Å². The van der Waals surface area contributed by atoms with Gasteiger partial charge in [0.05, 0.1) is 6.04 Å². The van der Waals surface area contributed by atoms with Crippen molar-refractivity contribution in [1.82, 2.24) is 9.80 Å². The Balaban J connectivity index is 1.56. The lowest BCUT2D eigenvalue weighted by Crippen LogP contribution is -2.50. The number of nitrogens with zero attached hydrogens (tertiary/aromatic N) is 2. The molecule has 2 fully saturated rings. The van der Waals surface area contributed by atoms with Crippen LogP contribution in [0.4, 0.5) is 0 Å². The number of benzene rings is 1. The average Bonchev–Trinajstić information content (AvgIpc) is 3.03. The average molecular weight is 300 g/mol. The van der Waals surface area contributed by atoms with Crippen LogP contribution in [0.25, 0.3) is 0 Å². The molecule has 0 saturated carbocycles. The lowest BCUT2D eigenvalue weighted by molar-refractivity contribution is -0.137. The fraction of sp³-hybridized carbons (Fsp3) is 0.632. The molecule has 2 heterocycles. The molecule has 0 N–H and O–H groups in total. The number of likely N-dealkylation sites (tertiary alicyclic amines) is 2. The van der Waals surface area contributed by atoms with E-state index in [0.29, 0.717) is 11.8 Å². The second-order valence-corrected chi connectivity index (χ2v) is 6.77. The summed E-state index contributed by atoms with van der Waals surface area (Å²) in [5.74, 6) is 1.02. The van der Waals surface area contributed by atoms with Gasteiger partial charge in [0, 0.05) is 13.1 Å². The Labute approximate surface area is 134 Å². The Morgan fingerprint density at radius 2 is 1.95 bits per heavy atom. The van der Waals surface area contributed by atoms with E-state index in [2.05, 4.69) is 47.1 Å². The molecule has 3 nitrogen and oxygen atoms in total. The fourth-order valence-corrected chi connectivity index (χ4v) is 4.01. The Bertz CT molecular complexity index is 487. The third-order valence-corrected chi connectivity index (χ3v) is 5.27. The van der Waals surface area contributed by atoms with Crippen molar-refractivity contribution < 1.29 is 4.79 Å². The number of rotatable bonds is 4. The minimum Gasteiger partial charge on any atom is -0.341 e. The highest BCUT2D eigenvalue weighted by Crippen LogP contribution is 2.25. The summed E-state index contributed by atoms with van der Waals surface area (Å²) in [7, 11) is 0. The van der Waals surface area contributed by atoms with Crippen LogP contribution < -0.4 is 0 Å². The first kappa shape index (κ1) is 15.5. The summed E-state index contributed by atoms with van der Waals surface area (Å²) in [5.41, 5.74) is 1.40. The van der Waals surface area contributed by atoms with E-state index in [-0.39, 0.29) is 6.04 Å². The normalized spacial score (nSPS) is 26.3. The Morgan fingerprint density at radius 3 is 2.73 bits per heavy atom. The van der Waals surface area contributed by atoms with E-state index in [4.69, 9.17) is 0 Å². The largest absolute Gasteiger partial charge is 0.341 e. The summed E-state index contributed by atoms with van der Waals surface area (Å²) < 4.78 is 0. The second-order valence-electron chi connectivity index (χ2n) is 6.77. The molecule has 3 rings (SSSR count). The predicted octanol–water partition coefficient (Wildman–Crippen LogP) is 2.95. The number of amides is 1. The van der Waals surface area contributed by atoms with Gasteiger partial charge in [0.2, 0.25) is 5.91 Å². The van der Waals surface area contributed by atoms with Gasteiger partial charge in [0.1, 0.15) is 0 Å². The summed E-state index contributed by atoms with van der Waals surface area (Å²) in [6, 6.07) is 10.8. The second kappa shape index (κ2) is 7.28. The third kappa shape index (κ3) is 3.52. The summed E-state index contributed by atoms with van der Waals surface area (Å²) >= 11 is 0. The van der Waals surface area contributed by atoms with Crippen LogP contribution in [0, 0.1) is 5.92 Å². The first-order valence-corrected chi connectivity index (χ1v) is 8.84. The molecule has 2 atom stereocenters. The van der Waals surface area contributed by atoms with Gasteiger partial charge in [-0.15, -0.1) is 0 Å². The number of likely N-dealkylation sites (N-methyl/N-ethyl adjacent to an activating group) is 1. The number of carbonyl (C=O) groups is 1. The molecule has 0 bridgehead atoms. The van der Waals surface area contributed by atoms with E-state index in [0.717, 1.165) is 45.4 Å². The van der Waals surface area contributed by atoms with Crippen LogP contribution in [-0.2, 0) is 11.2 Å². The lowest BCUT2D eigenvalue weighted by Gasteiger charge is -2.36. The highest BCUT2D eigenvalue weighted by Gasteiger charge is 2.34. The van der Waals surface area contributed by atoms with Crippen molar-refractivity contribution in [3.05, 3.63) is 35.9 Å². The van der Waals surface area contributed by atoms with Crippen LogP contribution in [0.2, 0.25) is 0 Å². The number of piperidine rings is 1. The Morgan fingerprint density at radius 1 is 1.14 bits per heavy atom. The van der Waals surface area contributed by atoms with Gasteiger partial charge < -0.3 is 4.90 Å². The first-order valence-electron chi connectivity index (χ1n) is 8.84. The van der Waals surface area contributed by atoms with Gasteiger partial charge in [-0.05, 0) is 50.3 Å². The molecule has 2 unspecified atom stereocenters. The maximum Gasteiger partial charge on any atom is 0.239 e. The van der Waals surface area contributed by atoms with Crippen molar-refractivity contribution in [3.63, 3.8) is 0 Å². The van der Waals surface area contributed by atoms with Crippen LogP contribution in [0.3, 0.4) is 0 Å². The quantitative estimate of drug-likeness (QED) is 0.853. The van der Waals surface area contributed by atoms with Crippen LogP contribution >= 0.6 is 0 Å². The topological polar surface area (TPSA) is 23.6 Å². The molecule has 0 spiro atoms. The van der Waals surface area contributed by atoms with Crippen molar-refractivity contribution in [3.8, 4) is 0 Å². The summed E-state index contributed by atoms with van der Waals surface area (Å²) in [6.07, 6.45) is 5.75. The predicted molar refractivity (Wildman–Crippen MR) is 89.7 cm³/mol. The van der Waals surface area contributed by atoms with Crippen molar-refractivity contribution in [2.75, 3.05) is 26.2 Å². The van der Waals surface area contributed by atoms with Gasteiger partial charge in [0.25, 0.3) is 0 Å². The Hall–Kier alpha value is -1.35. The zero-order valence-electron chi connectivity index (χ0n) is 13.7. The molecule has 0 aromatic heterocycles. The van der Waals surface area contributed by atoms with E-state index in [1.807, 2.05) is 0 Å². The standard InChI is InChI=1S/C19H28N2O/c1-2-20-12-7-6-10-18(20)19(22)21-13-11-17(15-21)14-16-8-4-3-5-9-16/h3-5,8-9,17-18H,2,6-7,10-15H2,1H3. The third-order valence-electron chi connectivity index (χ3n) is 5.27. The SMILES string of the molecule is CCN1CCCCC1C(=O)N1CCC(Cc2ccccc2)C1. The molecule has 0 aliphatic carbocycles. The van der Waals surface area contributed by atoms with E-state index in [9.17, 15) is 4.79 Å². The van der Waals surface area contributed by atoms with Crippen LogP contribution in [0.15, 0.2) is 30.3 Å². The van der Waals surface area contributed by atoms with Gasteiger partial charge in [0.15, 0.2) is 0 Å². The highest BCUT2D eigenvalue weighted by atomic mass is 16.2. The minimum atomic E-state index is 0.147. The summed E-state index contributed by atoms with van der Waals surface area (Å²) in [5, 5.41) is 0. The smallest absolute Gasteiger partial charge is 0.239 e. The Kier molecular flexibility index (Phi) is 5.14. The fourth-order valence-electron chi connectivity index (χ4n) is 4.01. The maximum atomic E-state index is 12.9. The van der Waals surface area contributed by atoms with Crippen molar-refractivity contribution >= 4 is 5.91 Å². The molecule has 3 heteroatoms. The number of hydrogen-bond donors (Lipinski definition) is 0. The number of hydrogen-bond acceptors (Lipinski definition) is 2. The van der Waals surface area contributed by atoms with Gasteiger partial charge in [-0.1, -0.05) is 43.7 Å². The maximum absolute atomic E-state index is 12.9. The summed E-state index contributed by atoms with van der Waals surface area (Å²) in [4.78, 5) is 17.4. The molecule has 0 radical (unpaired) electrons. The van der Waals surface area contributed by atoms with E-state index in [1.54, 1.807) is 0 Å². The van der Waals surface area contributed by atoms with Crippen LogP contribution in [-0.4, -0.2) is 47.9 Å². The van der Waals surface area contributed by atoms with Crippen molar-refractivity contribution in [1.29, 1.82) is 0 Å². The molecule has 1 aromatic rings. The van der Waals surface area contributed by atoms with Gasteiger partial charge in [-0.25, -0.2) is 0 Å². The van der Waals surface area contributed by atoms with Crippen molar-refractivity contribution in [2.24, 2.45) is 5.92 Å². The lowest BCUT2D eigenvalue weighted by atomic mass is 9.98. The highest BCUT2D eigenvalue weighted by molar-refractivity contribution is 5.82. The molecular weight excluding hydrogens is 272 g/mol. The van der Waals surface area contributed by atoms with Crippen LogP contribution in [0.5, 0.6) is 0 Å². The van der Waals surface area contributed by atoms with Gasteiger partial charge in [-0.3, -0.25) is 9.69 Å². The zero-order chi connectivity index (χ0) is 15.4. The molecule has 2 saturated heterocycles. The van der Waals surface area contributed by atoms with E-state index >= 15 is 0 Å². The number of carbonyl (C=O) groups excluding carboxylic acids is 1. The summed E-state index contributed by atoms with van der Waals surface area (Å²) in [6.45, 7) is 6.16.